The largest absolute Gasteiger partial charge is 0.465 e. The monoisotopic (exact) mass is 171 g/mol. The van der Waals surface area contributed by atoms with E-state index in [0.717, 1.165) is 12.8 Å². The molecule has 0 saturated heterocycles. The maximum Gasteiger partial charge on any atom is 0.309 e. The van der Waals surface area contributed by atoms with Crippen LogP contribution in [0.25, 0.3) is 0 Å². The highest BCUT2D eigenvalue weighted by Gasteiger charge is 2.13. The predicted octanol–water partition coefficient (Wildman–Crippen LogP) is 2.58. The van der Waals surface area contributed by atoms with Gasteiger partial charge in [-0.05, 0) is 11.8 Å². The van der Waals surface area contributed by atoms with Crippen LogP contribution in [0.2, 0.25) is 0 Å². The number of esters is 1. The van der Waals surface area contributed by atoms with E-state index in [2.05, 4.69) is 0 Å². The summed E-state index contributed by atoms with van der Waals surface area (Å²) < 4.78 is 5.01. The van der Waals surface area contributed by atoms with E-state index in [1.165, 1.54) is 0 Å². The van der Waals surface area contributed by atoms with Gasteiger partial charge in [0.1, 0.15) is 0 Å². The van der Waals surface area contributed by atoms with Crippen molar-refractivity contribution in [2.24, 2.45) is 5.41 Å². The Kier molecular flexibility index (Phi) is 4.95. The molecule has 2 nitrogen and oxygen atoms in total. The Balaban J connectivity index is 3.44. The molecule has 12 heavy (non-hydrogen) atoms. The van der Waals surface area contributed by atoms with Gasteiger partial charge in [-0.15, -0.1) is 0 Å². The van der Waals surface area contributed by atoms with E-state index in [0.29, 0.717) is 6.61 Å². The number of hydrogen-bond acceptors (Lipinski definition) is 2. The van der Waals surface area contributed by atoms with Crippen molar-refractivity contribution >= 4 is 5.97 Å². The van der Waals surface area contributed by atoms with Gasteiger partial charge in [0.15, 0.2) is 0 Å². The highest BCUT2D eigenvalue weighted by molar-refractivity contribution is 5.78. The Hall–Kier alpha value is -0.530. The predicted molar refractivity (Wildman–Crippen MR) is 49.6 cm³/mol. The zero-order chi connectivity index (χ0) is 9.61. The van der Waals surface area contributed by atoms with Gasteiger partial charge < -0.3 is 4.74 Å². The minimum absolute atomic E-state index is 0.0652. The summed E-state index contributed by atoms with van der Waals surface area (Å²) in [5.74, 6) is -0.188. The summed E-state index contributed by atoms with van der Waals surface area (Å²) >= 11 is 0. The van der Waals surface area contributed by atoms with Gasteiger partial charge in [-0.3, -0.25) is 4.79 Å². The minimum atomic E-state index is -0.188. The summed E-state index contributed by atoms with van der Waals surface area (Å²) in [6.45, 7) is 8.65. The van der Waals surface area contributed by atoms with Crippen LogP contribution in [0.5, 0.6) is 0 Å². The molecule has 71 valence electrons. The van der Waals surface area contributed by atoms with Crippen molar-refractivity contribution in [3.63, 3.8) is 0 Å². The standard InChI is InChI=1S/C10H19O2/c1-5-6-7-9(11)12-8-10(2,3)4/h7H,5-6,8H2,1-4H3. The Bertz CT molecular complexity index is 133. The van der Waals surface area contributed by atoms with E-state index >= 15 is 0 Å². The fraction of sp³-hybridized carbons (Fsp3) is 0.800. The van der Waals surface area contributed by atoms with Crippen molar-refractivity contribution in [2.45, 2.75) is 40.5 Å². The van der Waals surface area contributed by atoms with Crippen molar-refractivity contribution in [3.05, 3.63) is 6.42 Å². The van der Waals surface area contributed by atoms with Gasteiger partial charge in [-0.2, -0.15) is 0 Å². The molecule has 1 radical (unpaired) electrons. The van der Waals surface area contributed by atoms with Gasteiger partial charge in [0.05, 0.1) is 13.0 Å². The molecule has 0 N–H and O–H groups in total. The first-order chi connectivity index (χ1) is 5.45. The quantitative estimate of drug-likeness (QED) is 0.608. The van der Waals surface area contributed by atoms with Gasteiger partial charge in [0, 0.05) is 0 Å². The summed E-state index contributed by atoms with van der Waals surface area (Å²) in [7, 11) is 0. The molecule has 0 aromatic carbocycles. The van der Waals surface area contributed by atoms with Crippen LogP contribution in [0.1, 0.15) is 40.5 Å². The molecule has 2 heteroatoms. The van der Waals surface area contributed by atoms with Crippen molar-refractivity contribution in [1.29, 1.82) is 0 Å². The first-order valence-corrected chi connectivity index (χ1v) is 4.45. The molecule has 0 amide bonds. The lowest BCUT2D eigenvalue weighted by Gasteiger charge is -2.17. The molecule has 0 unspecified atom stereocenters. The van der Waals surface area contributed by atoms with Gasteiger partial charge in [-0.1, -0.05) is 34.1 Å². The molecule has 0 bridgehead atoms. The van der Waals surface area contributed by atoms with E-state index in [1.807, 2.05) is 27.7 Å². The zero-order valence-corrected chi connectivity index (χ0v) is 8.52. The lowest BCUT2D eigenvalue weighted by atomic mass is 9.99. The SMILES string of the molecule is CCC[CH]C(=O)OCC(C)(C)C. The molecule has 0 atom stereocenters. The van der Waals surface area contributed by atoms with Crippen LogP contribution >= 0.6 is 0 Å². The molecule has 0 rings (SSSR count). The fourth-order valence-corrected chi connectivity index (χ4v) is 0.609. The topological polar surface area (TPSA) is 26.3 Å². The van der Waals surface area contributed by atoms with E-state index in [-0.39, 0.29) is 11.4 Å². The van der Waals surface area contributed by atoms with Crippen molar-refractivity contribution in [2.75, 3.05) is 6.61 Å². The van der Waals surface area contributed by atoms with Crippen molar-refractivity contribution in [1.82, 2.24) is 0 Å². The van der Waals surface area contributed by atoms with Crippen LogP contribution < -0.4 is 0 Å². The Labute approximate surface area is 75.3 Å². The summed E-state index contributed by atoms with van der Waals surface area (Å²) in [6.07, 6.45) is 3.40. The maximum atomic E-state index is 11.0. The number of hydrogen-bond donors (Lipinski definition) is 0. The van der Waals surface area contributed by atoms with Crippen LogP contribution in [0.15, 0.2) is 0 Å². The number of carbonyl (C=O) groups is 1. The Morgan fingerprint density at radius 3 is 2.42 bits per heavy atom. The van der Waals surface area contributed by atoms with E-state index in [1.54, 1.807) is 6.42 Å². The zero-order valence-electron chi connectivity index (χ0n) is 8.52. The Morgan fingerprint density at radius 1 is 1.42 bits per heavy atom. The molecule has 0 aliphatic carbocycles. The van der Waals surface area contributed by atoms with Crippen molar-refractivity contribution < 1.29 is 9.53 Å². The molecule has 0 aromatic heterocycles. The molecule has 0 aliphatic rings. The number of rotatable bonds is 4. The third kappa shape index (κ3) is 7.58. The van der Waals surface area contributed by atoms with Gasteiger partial charge in [-0.25, -0.2) is 0 Å². The normalized spacial score (nSPS) is 11.3. The van der Waals surface area contributed by atoms with Crippen molar-refractivity contribution in [3.8, 4) is 0 Å². The van der Waals surface area contributed by atoms with Crippen LogP contribution in [0, 0.1) is 11.8 Å². The molecular formula is C10H19O2. The van der Waals surface area contributed by atoms with Gasteiger partial charge in [0.25, 0.3) is 0 Å². The first-order valence-electron chi connectivity index (χ1n) is 4.45. The highest BCUT2D eigenvalue weighted by Crippen LogP contribution is 2.13. The van der Waals surface area contributed by atoms with Gasteiger partial charge >= 0.3 is 5.97 Å². The Morgan fingerprint density at radius 2 is 2.00 bits per heavy atom. The van der Waals surface area contributed by atoms with E-state index in [4.69, 9.17) is 4.74 Å². The average molecular weight is 171 g/mol. The second kappa shape index (κ2) is 5.18. The third-order valence-electron chi connectivity index (χ3n) is 1.25. The smallest absolute Gasteiger partial charge is 0.309 e. The molecule has 0 aromatic rings. The lowest BCUT2D eigenvalue weighted by Crippen LogP contribution is -2.18. The number of unbranched alkanes of at least 4 members (excludes halogenated alkanes) is 1. The molecular weight excluding hydrogens is 152 g/mol. The van der Waals surface area contributed by atoms with Crippen LogP contribution in [-0.2, 0) is 9.53 Å². The average Bonchev–Trinajstić information content (AvgIpc) is 1.95. The number of ether oxygens (including phenoxy) is 1. The molecule has 0 aliphatic heterocycles. The summed E-state index contributed by atoms with van der Waals surface area (Å²) in [5.41, 5.74) is 0.0652. The molecule has 0 saturated carbocycles. The fourth-order valence-electron chi connectivity index (χ4n) is 0.609. The maximum absolute atomic E-state index is 11.0. The number of carbonyl (C=O) groups excluding carboxylic acids is 1. The first kappa shape index (κ1) is 11.5. The molecule has 0 fully saturated rings. The second-order valence-electron chi connectivity index (χ2n) is 4.16. The van der Waals surface area contributed by atoms with Crippen LogP contribution in [-0.4, -0.2) is 12.6 Å². The van der Waals surface area contributed by atoms with Crippen LogP contribution in [0.4, 0.5) is 0 Å². The van der Waals surface area contributed by atoms with Crippen LogP contribution in [0.3, 0.4) is 0 Å². The van der Waals surface area contributed by atoms with E-state index < -0.39 is 0 Å². The van der Waals surface area contributed by atoms with E-state index in [9.17, 15) is 4.79 Å². The minimum Gasteiger partial charge on any atom is -0.465 e. The second-order valence-corrected chi connectivity index (χ2v) is 4.16. The summed E-state index contributed by atoms with van der Waals surface area (Å²) in [6, 6.07) is 0. The lowest BCUT2D eigenvalue weighted by molar-refractivity contribution is -0.142. The third-order valence-corrected chi connectivity index (χ3v) is 1.25. The molecule has 0 spiro atoms. The van der Waals surface area contributed by atoms with Gasteiger partial charge in [0.2, 0.25) is 0 Å². The summed E-state index contributed by atoms with van der Waals surface area (Å²) in [4.78, 5) is 11.0. The highest BCUT2D eigenvalue weighted by atomic mass is 16.5. The molecule has 0 heterocycles. The summed E-state index contributed by atoms with van der Waals surface area (Å²) in [5, 5.41) is 0.